The van der Waals surface area contributed by atoms with Gasteiger partial charge in [0.25, 0.3) is 5.91 Å². The Balaban J connectivity index is 1.72. The summed E-state index contributed by atoms with van der Waals surface area (Å²) in [5.74, 6) is -0.287. The van der Waals surface area contributed by atoms with Gasteiger partial charge in [-0.1, -0.05) is 41.4 Å². The van der Waals surface area contributed by atoms with Gasteiger partial charge in [0.15, 0.2) is 0 Å². The number of rotatable bonds is 3. The Morgan fingerprint density at radius 3 is 2.64 bits per heavy atom. The van der Waals surface area contributed by atoms with E-state index in [1.165, 1.54) is 0 Å². The van der Waals surface area contributed by atoms with Crippen molar-refractivity contribution < 1.29 is 13.2 Å². The second kappa shape index (κ2) is 7.10. The predicted octanol–water partition coefficient (Wildman–Crippen LogP) is 4.51. The van der Waals surface area contributed by atoms with Crippen molar-refractivity contribution in [2.24, 2.45) is 5.92 Å². The highest BCUT2D eigenvalue weighted by Gasteiger charge is 2.39. The van der Waals surface area contributed by atoms with Crippen LogP contribution in [-0.2, 0) is 10.0 Å². The van der Waals surface area contributed by atoms with E-state index in [0.29, 0.717) is 15.6 Å². The number of hydrogen-bond donors (Lipinski definition) is 2. The minimum absolute atomic E-state index is 0.00737. The van der Waals surface area contributed by atoms with Crippen molar-refractivity contribution in [2.75, 3.05) is 11.6 Å². The number of anilines is 1. The molecule has 8 heteroatoms. The van der Waals surface area contributed by atoms with Crippen LogP contribution in [-0.4, -0.2) is 20.6 Å². The lowest BCUT2D eigenvalue weighted by molar-refractivity contribution is 0.0981. The summed E-state index contributed by atoms with van der Waals surface area (Å²) in [6.45, 7) is 0. The van der Waals surface area contributed by atoms with Crippen molar-refractivity contribution in [1.82, 2.24) is 4.72 Å². The van der Waals surface area contributed by atoms with E-state index in [9.17, 15) is 13.2 Å². The summed E-state index contributed by atoms with van der Waals surface area (Å²) < 4.78 is 24.7. The van der Waals surface area contributed by atoms with Crippen LogP contribution in [0.15, 0.2) is 48.6 Å². The average molecular weight is 437 g/mol. The molecule has 3 atom stereocenters. The summed E-state index contributed by atoms with van der Waals surface area (Å²) >= 11 is 12.5. The zero-order valence-electron chi connectivity index (χ0n) is 14.9. The highest BCUT2D eigenvalue weighted by atomic mass is 35.5. The first kappa shape index (κ1) is 19.3. The van der Waals surface area contributed by atoms with Crippen LogP contribution in [0.1, 0.15) is 39.9 Å². The molecular formula is C20H18Cl2N2O3S. The summed E-state index contributed by atoms with van der Waals surface area (Å²) in [5.41, 5.74) is 3.17. The van der Waals surface area contributed by atoms with Crippen LogP contribution in [0.5, 0.6) is 0 Å². The Hall–Kier alpha value is -2.02. The summed E-state index contributed by atoms with van der Waals surface area (Å²) in [6, 6.07) is 10.7. The number of sulfonamides is 1. The molecule has 2 N–H and O–H groups in total. The van der Waals surface area contributed by atoms with Crippen molar-refractivity contribution in [3.8, 4) is 0 Å². The molecule has 0 bridgehead atoms. The second-order valence-electron chi connectivity index (χ2n) is 7.15. The fourth-order valence-corrected chi connectivity index (χ4v) is 5.01. The van der Waals surface area contributed by atoms with Crippen molar-refractivity contribution >= 4 is 44.8 Å². The maximum absolute atomic E-state index is 12.2. The third-order valence-electron chi connectivity index (χ3n) is 5.20. The molecule has 146 valence electrons. The molecule has 1 heterocycles. The van der Waals surface area contributed by atoms with Gasteiger partial charge in [-0.15, -0.1) is 0 Å². The molecule has 1 amide bonds. The molecule has 2 aromatic rings. The Morgan fingerprint density at radius 2 is 1.93 bits per heavy atom. The minimum Gasteiger partial charge on any atom is -0.378 e. The topological polar surface area (TPSA) is 75.3 Å². The molecule has 28 heavy (non-hydrogen) atoms. The van der Waals surface area contributed by atoms with Gasteiger partial charge in [-0.25, -0.2) is 13.1 Å². The van der Waals surface area contributed by atoms with Crippen LogP contribution in [0.4, 0.5) is 5.69 Å². The Bertz CT molecular complexity index is 1100. The standard InChI is InChI=1S/C20H18Cl2N2O3S/c1-28(26,27)24-20(25)11-5-8-18-16(9-11)13-3-2-4-14(13)19(23-18)15-7-6-12(21)10-17(15)22/h2-3,5-10,13-14,19,23H,4H2,1H3,(H,24,25)/t13-,14+,19+/m1/s1. The quantitative estimate of drug-likeness (QED) is 0.693. The van der Waals surface area contributed by atoms with Crippen molar-refractivity contribution in [3.63, 3.8) is 0 Å². The van der Waals surface area contributed by atoms with E-state index < -0.39 is 15.9 Å². The second-order valence-corrected chi connectivity index (χ2v) is 9.74. The fourth-order valence-electron chi connectivity index (χ4n) is 4.02. The summed E-state index contributed by atoms with van der Waals surface area (Å²) in [6.07, 6.45) is 6.10. The fraction of sp³-hybridized carbons (Fsp3) is 0.250. The number of allylic oxidation sites excluding steroid dienone is 2. The highest BCUT2D eigenvalue weighted by Crippen LogP contribution is 2.51. The zero-order valence-corrected chi connectivity index (χ0v) is 17.3. The number of carbonyl (C=O) groups excluding carboxylic acids is 1. The van der Waals surface area contributed by atoms with Crippen LogP contribution in [0.25, 0.3) is 0 Å². The molecule has 5 nitrogen and oxygen atoms in total. The summed E-state index contributed by atoms with van der Waals surface area (Å²) in [5, 5.41) is 4.75. The van der Waals surface area contributed by atoms with Crippen molar-refractivity contribution in [3.05, 3.63) is 75.3 Å². The minimum atomic E-state index is -3.62. The van der Waals surface area contributed by atoms with Gasteiger partial charge in [0.2, 0.25) is 10.0 Å². The van der Waals surface area contributed by atoms with Crippen LogP contribution < -0.4 is 10.0 Å². The number of amides is 1. The van der Waals surface area contributed by atoms with E-state index in [1.807, 2.05) is 22.9 Å². The predicted molar refractivity (Wildman–Crippen MR) is 112 cm³/mol. The third-order valence-corrected chi connectivity index (χ3v) is 6.32. The molecule has 4 rings (SSSR count). The highest BCUT2D eigenvalue weighted by molar-refractivity contribution is 7.89. The smallest absolute Gasteiger partial charge is 0.264 e. The van der Waals surface area contributed by atoms with E-state index in [0.717, 1.165) is 29.5 Å². The van der Waals surface area contributed by atoms with Gasteiger partial charge < -0.3 is 5.32 Å². The van der Waals surface area contributed by atoms with Crippen molar-refractivity contribution in [1.29, 1.82) is 0 Å². The van der Waals surface area contributed by atoms with Crippen LogP contribution in [0.2, 0.25) is 10.0 Å². The summed E-state index contributed by atoms with van der Waals surface area (Å²) in [4.78, 5) is 12.2. The molecule has 0 aromatic heterocycles. The summed E-state index contributed by atoms with van der Waals surface area (Å²) in [7, 11) is -3.62. The van der Waals surface area contributed by atoms with Gasteiger partial charge in [-0.3, -0.25) is 4.79 Å². The molecule has 0 spiro atoms. The number of nitrogens with one attached hydrogen (secondary N) is 2. The molecule has 0 fully saturated rings. The van der Waals surface area contributed by atoms with Crippen LogP contribution in [0, 0.1) is 5.92 Å². The lowest BCUT2D eigenvalue weighted by atomic mass is 9.76. The third kappa shape index (κ3) is 3.64. The first-order valence-electron chi connectivity index (χ1n) is 8.77. The number of hydrogen-bond acceptors (Lipinski definition) is 4. The number of fused-ring (bicyclic) bond motifs is 3. The molecule has 0 radical (unpaired) electrons. The van der Waals surface area contributed by atoms with Gasteiger partial charge in [-0.2, -0.15) is 0 Å². The SMILES string of the molecule is CS(=O)(=O)NC(=O)c1ccc2c(c1)[C@@H]1C=CC[C@@H]1[C@@H](c1ccc(Cl)cc1Cl)N2. The molecule has 0 unspecified atom stereocenters. The molecule has 1 aliphatic heterocycles. The van der Waals surface area contributed by atoms with E-state index >= 15 is 0 Å². The van der Waals surface area contributed by atoms with Gasteiger partial charge >= 0.3 is 0 Å². The molecule has 1 aliphatic carbocycles. The van der Waals surface area contributed by atoms with E-state index in [1.54, 1.807) is 18.2 Å². The van der Waals surface area contributed by atoms with E-state index in [4.69, 9.17) is 23.2 Å². The van der Waals surface area contributed by atoms with Crippen LogP contribution >= 0.6 is 23.2 Å². The van der Waals surface area contributed by atoms with Crippen LogP contribution in [0.3, 0.4) is 0 Å². The van der Waals surface area contributed by atoms with Crippen molar-refractivity contribution in [2.45, 2.75) is 18.4 Å². The first-order chi connectivity index (χ1) is 13.2. The lowest BCUT2D eigenvalue weighted by Gasteiger charge is -2.38. The normalized spacial score (nSPS) is 22.9. The zero-order chi connectivity index (χ0) is 20.1. The Kier molecular flexibility index (Phi) is 4.89. The molecular weight excluding hydrogens is 419 g/mol. The van der Waals surface area contributed by atoms with Gasteiger partial charge in [-0.05, 0) is 53.8 Å². The maximum atomic E-state index is 12.2. The first-order valence-corrected chi connectivity index (χ1v) is 11.4. The largest absolute Gasteiger partial charge is 0.378 e. The molecule has 2 aliphatic rings. The van der Waals surface area contributed by atoms with E-state index in [2.05, 4.69) is 17.5 Å². The lowest BCUT2D eigenvalue weighted by Crippen LogP contribution is -2.31. The number of benzene rings is 2. The molecule has 2 aromatic carbocycles. The average Bonchev–Trinajstić information content (AvgIpc) is 3.09. The van der Waals surface area contributed by atoms with Gasteiger partial charge in [0.1, 0.15) is 0 Å². The maximum Gasteiger partial charge on any atom is 0.264 e. The Labute approximate surface area is 173 Å². The monoisotopic (exact) mass is 436 g/mol. The molecule has 0 saturated carbocycles. The molecule has 0 saturated heterocycles. The number of halogens is 2. The van der Waals surface area contributed by atoms with Gasteiger partial charge in [0, 0.05) is 27.2 Å². The van der Waals surface area contributed by atoms with Gasteiger partial charge in [0.05, 0.1) is 12.3 Å². The number of carbonyl (C=O) groups is 1. The Morgan fingerprint density at radius 1 is 1.14 bits per heavy atom. The van der Waals surface area contributed by atoms with E-state index in [-0.39, 0.29) is 17.9 Å².